The van der Waals surface area contributed by atoms with Crippen LogP contribution in [-0.2, 0) is 6.54 Å². The molecule has 2 rings (SSSR count). The molecular weight excluding hydrogens is 222 g/mol. The van der Waals surface area contributed by atoms with Crippen molar-refractivity contribution in [2.75, 3.05) is 6.54 Å². The molecule has 2 aromatic rings. The summed E-state index contributed by atoms with van der Waals surface area (Å²) in [4.78, 5) is 4.45. The topological polar surface area (TPSA) is 29.9 Å². The van der Waals surface area contributed by atoms with Crippen molar-refractivity contribution in [3.8, 4) is 0 Å². The van der Waals surface area contributed by atoms with E-state index in [4.69, 9.17) is 0 Å². The van der Waals surface area contributed by atoms with E-state index in [2.05, 4.69) is 53.8 Å². The number of nitrogens with one attached hydrogen (secondary N) is 1. The molecule has 1 unspecified atom stereocenters. The number of nitrogens with zero attached hydrogens (tertiary/aromatic N) is 2. The molecule has 1 N–H and O–H groups in total. The summed E-state index contributed by atoms with van der Waals surface area (Å²) in [6, 6.07) is 8.82. The first-order chi connectivity index (χ1) is 8.72. The minimum absolute atomic E-state index is 0.502. The average molecular weight is 245 g/mol. The van der Waals surface area contributed by atoms with Crippen LogP contribution in [0.3, 0.4) is 0 Å². The summed E-state index contributed by atoms with van der Waals surface area (Å²) in [6.07, 6.45) is 3.13. The Morgan fingerprint density at radius 2 is 2.06 bits per heavy atom. The van der Waals surface area contributed by atoms with Crippen molar-refractivity contribution in [2.24, 2.45) is 5.92 Å². The van der Waals surface area contributed by atoms with Crippen molar-refractivity contribution in [1.82, 2.24) is 14.9 Å². The monoisotopic (exact) mass is 245 g/mol. The first kappa shape index (κ1) is 13.1. The van der Waals surface area contributed by atoms with Gasteiger partial charge < -0.3 is 9.88 Å². The molecule has 0 aliphatic rings. The van der Waals surface area contributed by atoms with Crippen LogP contribution >= 0.6 is 0 Å². The molecule has 1 aromatic carbocycles. The van der Waals surface area contributed by atoms with Gasteiger partial charge in [-0.05, 0) is 31.0 Å². The second-order valence-corrected chi connectivity index (χ2v) is 5.19. The minimum Gasteiger partial charge on any atom is -0.329 e. The normalized spacial score (nSPS) is 13.3. The Kier molecular flexibility index (Phi) is 4.37. The van der Waals surface area contributed by atoms with Crippen LogP contribution in [0.1, 0.15) is 27.2 Å². The van der Waals surface area contributed by atoms with E-state index in [0.717, 1.165) is 18.6 Å². The highest BCUT2D eigenvalue weighted by molar-refractivity contribution is 5.74. The van der Waals surface area contributed by atoms with Gasteiger partial charge in [-0.25, -0.2) is 4.98 Å². The summed E-state index contributed by atoms with van der Waals surface area (Å²) < 4.78 is 2.25. The zero-order valence-electron chi connectivity index (χ0n) is 11.6. The predicted octanol–water partition coefficient (Wildman–Crippen LogP) is 3.06. The van der Waals surface area contributed by atoms with Gasteiger partial charge in [0.05, 0.1) is 17.4 Å². The van der Waals surface area contributed by atoms with E-state index in [0.29, 0.717) is 12.0 Å². The van der Waals surface area contributed by atoms with Crippen molar-refractivity contribution >= 4 is 11.0 Å². The molecule has 98 valence electrons. The molecule has 0 bridgehead atoms. The fraction of sp³-hybridized carbons (Fsp3) is 0.533. The van der Waals surface area contributed by atoms with Crippen LogP contribution in [0.15, 0.2) is 30.6 Å². The lowest BCUT2D eigenvalue weighted by Crippen LogP contribution is -2.37. The molecule has 0 radical (unpaired) electrons. The van der Waals surface area contributed by atoms with E-state index >= 15 is 0 Å². The van der Waals surface area contributed by atoms with E-state index in [1.54, 1.807) is 0 Å². The summed E-state index contributed by atoms with van der Waals surface area (Å²) >= 11 is 0. The molecule has 0 aliphatic heterocycles. The molecule has 0 saturated heterocycles. The van der Waals surface area contributed by atoms with Crippen molar-refractivity contribution in [1.29, 1.82) is 0 Å². The second-order valence-electron chi connectivity index (χ2n) is 5.19. The van der Waals surface area contributed by atoms with Gasteiger partial charge >= 0.3 is 0 Å². The van der Waals surface area contributed by atoms with E-state index in [1.165, 1.54) is 11.9 Å². The molecule has 3 nitrogen and oxygen atoms in total. The summed E-state index contributed by atoms with van der Waals surface area (Å²) in [7, 11) is 0. The first-order valence-electron chi connectivity index (χ1n) is 6.85. The minimum atomic E-state index is 0.502. The van der Waals surface area contributed by atoms with Crippen LogP contribution in [0, 0.1) is 5.92 Å². The fourth-order valence-corrected chi connectivity index (χ4v) is 2.21. The van der Waals surface area contributed by atoms with Gasteiger partial charge in [-0.2, -0.15) is 0 Å². The first-order valence-corrected chi connectivity index (χ1v) is 6.85. The maximum atomic E-state index is 4.45. The third kappa shape index (κ3) is 2.91. The van der Waals surface area contributed by atoms with Crippen molar-refractivity contribution < 1.29 is 0 Å². The van der Waals surface area contributed by atoms with E-state index < -0.39 is 0 Å². The van der Waals surface area contributed by atoms with Gasteiger partial charge in [0.2, 0.25) is 0 Å². The van der Waals surface area contributed by atoms with Crippen LogP contribution in [0.5, 0.6) is 0 Å². The standard InChI is InChI=1S/C15H23N3/c1-4-9-16-14(12(2)3)10-18-11-17-13-7-5-6-8-15(13)18/h5-8,11-12,14,16H,4,9-10H2,1-3H3. The molecule has 0 spiro atoms. The van der Waals surface area contributed by atoms with Gasteiger partial charge in [-0.3, -0.25) is 0 Å². The average Bonchev–Trinajstić information content (AvgIpc) is 2.77. The van der Waals surface area contributed by atoms with E-state index in [9.17, 15) is 0 Å². The summed E-state index contributed by atoms with van der Waals surface area (Å²) in [6.45, 7) is 8.81. The highest BCUT2D eigenvalue weighted by atomic mass is 15.1. The molecule has 0 fully saturated rings. The Labute approximate surface area is 109 Å². The highest BCUT2D eigenvalue weighted by Crippen LogP contribution is 2.14. The molecule has 1 aromatic heterocycles. The molecular formula is C15H23N3. The number of rotatable bonds is 6. The lowest BCUT2D eigenvalue weighted by Gasteiger charge is -2.23. The Balaban J connectivity index is 2.15. The van der Waals surface area contributed by atoms with Crippen LogP contribution in [-0.4, -0.2) is 22.1 Å². The van der Waals surface area contributed by atoms with Crippen LogP contribution in [0.4, 0.5) is 0 Å². The highest BCUT2D eigenvalue weighted by Gasteiger charge is 2.14. The summed E-state index contributed by atoms with van der Waals surface area (Å²) in [5, 5.41) is 3.62. The Bertz CT molecular complexity index is 487. The summed E-state index contributed by atoms with van der Waals surface area (Å²) in [5.74, 6) is 0.623. The van der Waals surface area contributed by atoms with E-state index in [-0.39, 0.29) is 0 Å². The Morgan fingerprint density at radius 1 is 1.28 bits per heavy atom. The zero-order chi connectivity index (χ0) is 13.0. The van der Waals surface area contributed by atoms with Crippen LogP contribution < -0.4 is 5.32 Å². The number of hydrogen-bond acceptors (Lipinski definition) is 2. The third-order valence-corrected chi connectivity index (χ3v) is 3.38. The van der Waals surface area contributed by atoms with Crippen molar-refractivity contribution in [3.63, 3.8) is 0 Å². The van der Waals surface area contributed by atoms with Gasteiger partial charge in [0, 0.05) is 12.6 Å². The number of para-hydroxylation sites is 2. The molecule has 0 amide bonds. The predicted molar refractivity (Wildman–Crippen MR) is 76.7 cm³/mol. The maximum Gasteiger partial charge on any atom is 0.0958 e. The quantitative estimate of drug-likeness (QED) is 0.847. The largest absolute Gasteiger partial charge is 0.329 e. The molecule has 1 heterocycles. The number of aromatic nitrogens is 2. The Hall–Kier alpha value is -1.35. The van der Waals surface area contributed by atoms with Crippen molar-refractivity contribution in [3.05, 3.63) is 30.6 Å². The van der Waals surface area contributed by atoms with Gasteiger partial charge in [0.1, 0.15) is 0 Å². The number of hydrogen-bond donors (Lipinski definition) is 1. The fourth-order valence-electron chi connectivity index (χ4n) is 2.21. The van der Waals surface area contributed by atoms with Gasteiger partial charge in [0.25, 0.3) is 0 Å². The number of fused-ring (bicyclic) bond motifs is 1. The molecule has 0 saturated carbocycles. The molecule has 18 heavy (non-hydrogen) atoms. The van der Waals surface area contributed by atoms with Crippen LogP contribution in [0.25, 0.3) is 11.0 Å². The van der Waals surface area contributed by atoms with Gasteiger partial charge in [0.15, 0.2) is 0 Å². The van der Waals surface area contributed by atoms with Gasteiger partial charge in [-0.15, -0.1) is 0 Å². The third-order valence-electron chi connectivity index (χ3n) is 3.38. The maximum absolute atomic E-state index is 4.45. The lowest BCUT2D eigenvalue weighted by molar-refractivity contribution is 0.359. The lowest BCUT2D eigenvalue weighted by atomic mass is 10.0. The molecule has 0 aliphatic carbocycles. The SMILES string of the molecule is CCCNC(Cn1cnc2ccccc21)C(C)C. The van der Waals surface area contributed by atoms with Crippen LogP contribution in [0.2, 0.25) is 0 Å². The summed E-state index contributed by atoms with van der Waals surface area (Å²) in [5.41, 5.74) is 2.30. The second kappa shape index (κ2) is 6.01. The Morgan fingerprint density at radius 3 is 2.78 bits per heavy atom. The van der Waals surface area contributed by atoms with Crippen molar-refractivity contribution in [2.45, 2.75) is 39.8 Å². The number of benzene rings is 1. The zero-order valence-corrected chi connectivity index (χ0v) is 11.6. The smallest absolute Gasteiger partial charge is 0.0958 e. The number of imidazole rings is 1. The molecule has 3 heteroatoms. The molecule has 1 atom stereocenters. The van der Waals surface area contributed by atoms with Gasteiger partial charge in [-0.1, -0.05) is 32.9 Å². The van der Waals surface area contributed by atoms with E-state index in [1.807, 2.05) is 12.4 Å².